The molecule has 0 unspecified atom stereocenters. The van der Waals surface area contributed by atoms with Crippen molar-refractivity contribution in [1.82, 2.24) is 0 Å². The Morgan fingerprint density at radius 3 is 1.38 bits per heavy atom. The Bertz CT molecular complexity index is 14.0. The molecule has 0 amide bonds. The van der Waals surface area contributed by atoms with Crippen LogP contribution in [0.2, 0.25) is 0 Å². The molecular weight excluding hydrogens is 171 g/mol. The molecule has 0 aliphatic rings. The summed E-state index contributed by atoms with van der Waals surface area (Å²) in [6, 6.07) is 0. The Kier molecular flexibility index (Phi) is 908. The summed E-state index contributed by atoms with van der Waals surface area (Å²) in [6.45, 7) is 1.93. The smallest absolute Gasteiger partial charge is 2.00 e. The minimum atomic E-state index is 0. The van der Waals surface area contributed by atoms with E-state index in [1.807, 2.05) is 0 Å². The minimum absolute atomic E-state index is 0. The molecule has 0 bridgehead atoms. The second-order valence-corrected chi connectivity index (χ2v) is 0.316. The molecule has 53 valence electrons. The topological polar surface area (TPSA) is 110 Å². The third-order valence-corrected chi connectivity index (χ3v) is 0. The van der Waals surface area contributed by atoms with Gasteiger partial charge in [-0.3, -0.25) is 0 Å². The zero-order chi connectivity index (χ0) is 2.71. The molecule has 0 aliphatic heterocycles. The van der Waals surface area contributed by atoms with Crippen LogP contribution in [0.25, 0.3) is 0 Å². The van der Waals surface area contributed by atoms with Crippen LogP contribution in [0.1, 0.15) is 6.92 Å². The molecule has 0 heterocycles. The van der Waals surface area contributed by atoms with Crippen molar-refractivity contribution in [1.29, 1.82) is 0 Å². The van der Waals surface area contributed by atoms with E-state index in [1.165, 1.54) is 0 Å². The molecule has 4 nitrogen and oxygen atoms in total. The predicted molar refractivity (Wildman–Crippen MR) is 26.2 cm³/mol. The number of aliphatic hydroxyl groups excluding tert-OH is 1. The van der Waals surface area contributed by atoms with Crippen LogP contribution < -0.4 is 0 Å². The molecule has 0 aromatic carbocycles. The average molecular weight is 181 g/mol. The summed E-state index contributed by atoms with van der Waals surface area (Å²) in [5, 5.41) is 7.57. The first kappa shape index (κ1) is 67.3. The summed E-state index contributed by atoms with van der Waals surface area (Å²) in [4.78, 5) is 0. The first-order chi connectivity index (χ1) is 1.41. The number of aliphatic hydroxyl groups is 1. The normalized spacial score (nSPS) is 2.25. The summed E-state index contributed by atoms with van der Waals surface area (Å²) in [5.74, 6) is 0. The molecule has 6 heteroatoms. The molecule has 0 aliphatic carbocycles. The molecule has 0 atom stereocenters. The van der Waals surface area contributed by atoms with Gasteiger partial charge in [-0.1, -0.05) is 0 Å². The van der Waals surface area contributed by atoms with Crippen LogP contribution in [0.15, 0.2) is 0 Å². The van der Waals surface area contributed by atoms with E-state index in [2.05, 4.69) is 0 Å². The Morgan fingerprint density at radius 2 is 1.38 bits per heavy atom. The van der Waals surface area contributed by atoms with Crippen molar-refractivity contribution in [3.05, 3.63) is 0 Å². The fraction of sp³-hybridized carbons (Fsp3) is 1.00. The van der Waals surface area contributed by atoms with E-state index in [0.29, 0.717) is 0 Å². The molecular formula is C2H10ClO4Ti. The summed E-state index contributed by atoms with van der Waals surface area (Å²) in [5.41, 5.74) is 0. The van der Waals surface area contributed by atoms with E-state index in [1.54, 1.807) is 6.92 Å². The first-order valence-corrected chi connectivity index (χ1v) is 1.02. The van der Waals surface area contributed by atoms with Crippen molar-refractivity contribution >= 4 is 12.4 Å². The maximum atomic E-state index is 7.57. The SMILES string of the molecule is CCO.Cl.O.[O-2].[OH-].[Ti+3]. The van der Waals surface area contributed by atoms with Crippen LogP contribution >= 0.6 is 12.4 Å². The van der Waals surface area contributed by atoms with Gasteiger partial charge in [-0.25, -0.2) is 0 Å². The third-order valence-electron chi connectivity index (χ3n) is 0. The maximum Gasteiger partial charge on any atom is 3.00 e. The van der Waals surface area contributed by atoms with Gasteiger partial charge < -0.3 is 21.5 Å². The molecule has 8 heavy (non-hydrogen) atoms. The number of halogens is 1. The van der Waals surface area contributed by atoms with E-state index in [0.717, 1.165) is 0 Å². The van der Waals surface area contributed by atoms with E-state index in [-0.39, 0.29) is 57.2 Å². The number of hydrogen-bond donors (Lipinski definition) is 1. The van der Waals surface area contributed by atoms with E-state index in [9.17, 15) is 0 Å². The van der Waals surface area contributed by atoms with Crippen LogP contribution in [0.4, 0.5) is 0 Å². The Hall–Kier alpha value is 0.844. The molecule has 0 aromatic rings. The average Bonchev–Trinajstić information content (AvgIpc) is 0.918. The van der Waals surface area contributed by atoms with Gasteiger partial charge in [-0.05, 0) is 6.92 Å². The second kappa shape index (κ2) is 108. The number of hydrogen-bond acceptors (Lipinski definition) is 2. The minimum Gasteiger partial charge on any atom is -2.00 e. The summed E-state index contributed by atoms with van der Waals surface area (Å²) >= 11 is 0. The van der Waals surface area contributed by atoms with Crippen LogP contribution in [0.5, 0.6) is 0 Å². The van der Waals surface area contributed by atoms with Crippen molar-refractivity contribution in [2.75, 3.05) is 6.61 Å². The van der Waals surface area contributed by atoms with Crippen molar-refractivity contribution in [3.63, 3.8) is 0 Å². The van der Waals surface area contributed by atoms with E-state index in [4.69, 9.17) is 5.11 Å². The fourth-order valence-electron chi connectivity index (χ4n) is 0. The van der Waals surface area contributed by atoms with Crippen LogP contribution in [0.3, 0.4) is 0 Å². The van der Waals surface area contributed by atoms with Crippen molar-refractivity contribution in [3.8, 4) is 0 Å². The molecule has 0 saturated heterocycles. The second-order valence-electron chi connectivity index (χ2n) is 0.316. The summed E-state index contributed by atoms with van der Waals surface area (Å²) in [7, 11) is 0. The third kappa shape index (κ3) is 328. The Labute approximate surface area is 69.5 Å². The zero-order valence-electron chi connectivity index (χ0n) is 4.42. The van der Waals surface area contributed by atoms with Gasteiger partial charge in [0.05, 0.1) is 0 Å². The molecule has 0 spiro atoms. The molecule has 0 aromatic heterocycles. The van der Waals surface area contributed by atoms with Gasteiger partial charge in [-0.2, -0.15) is 0 Å². The molecule has 0 rings (SSSR count). The van der Waals surface area contributed by atoms with Crippen molar-refractivity contribution in [2.45, 2.75) is 6.92 Å². The van der Waals surface area contributed by atoms with E-state index >= 15 is 0 Å². The van der Waals surface area contributed by atoms with Gasteiger partial charge in [0.25, 0.3) is 0 Å². The fourth-order valence-corrected chi connectivity index (χ4v) is 0. The first-order valence-electron chi connectivity index (χ1n) is 1.02. The Balaban J connectivity index is -0.00000000200. The molecule has 1 radical (unpaired) electrons. The van der Waals surface area contributed by atoms with Gasteiger partial charge in [0.15, 0.2) is 0 Å². The Morgan fingerprint density at radius 1 is 1.38 bits per heavy atom. The van der Waals surface area contributed by atoms with Gasteiger partial charge in [0, 0.05) is 6.61 Å². The monoisotopic (exact) mass is 181 g/mol. The molecule has 4 N–H and O–H groups in total. The van der Waals surface area contributed by atoms with Gasteiger partial charge in [-0.15, -0.1) is 12.4 Å². The van der Waals surface area contributed by atoms with Crippen LogP contribution in [0, 0.1) is 0 Å². The zero-order valence-corrected chi connectivity index (χ0v) is 6.80. The van der Waals surface area contributed by atoms with Gasteiger partial charge >= 0.3 is 21.7 Å². The largest absolute Gasteiger partial charge is 3.00 e. The summed E-state index contributed by atoms with van der Waals surface area (Å²) in [6.07, 6.45) is 0. The van der Waals surface area contributed by atoms with Crippen molar-refractivity contribution in [2.24, 2.45) is 0 Å². The van der Waals surface area contributed by atoms with Crippen LogP contribution in [-0.4, -0.2) is 22.7 Å². The predicted octanol–water partition coefficient (Wildman–Crippen LogP) is -0.702. The molecule has 0 saturated carbocycles. The summed E-state index contributed by atoms with van der Waals surface area (Å²) < 4.78 is 0. The van der Waals surface area contributed by atoms with Crippen molar-refractivity contribution < 1.29 is 43.3 Å². The van der Waals surface area contributed by atoms with Gasteiger partial charge in [0.1, 0.15) is 0 Å². The molecule has 0 fully saturated rings. The number of rotatable bonds is 0. The van der Waals surface area contributed by atoms with Gasteiger partial charge in [0.2, 0.25) is 0 Å². The van der Waals surface area contributed by atoms with E-state index < -0.39 is 0 Å². The maximum absolute atomic E-state index is 7.57. The van der Waals surface area contributed by atoms with Crippen LogP contribution in [-0.2, 0) is 27.2 Å². The standard InChI is InChI=1S/C2H6O.ClH.2H2O.O.Ti/c1-2-3;;;;;/h3H,2H2,1H3;1H;2*1H2;;/q;;;;-2;+3/p-1. The quantitative estimate of drug-likeness (QED) is 0.498.